The lowest BCUT2D eigenvalue weighted by molar-refractivity contribution is 0.306. The highest BCUT2D eigenvalue weighted by Gasteiger charge is 2.08. The molecular weight excluding hydrogens is 274 g/mol. The lowest BCUT2D eigenvalue weighted by Gasteiger charge is -2.07. The summed E-state index contributed by atoms with van der Waals surface area (Å²) in [5.41, 5.74) is 3.44. The number of nitrogens with one attached hydrogen (secondary N) is 1. The first-order valence-electron chi connectivity index (χ1n) is 7.28. The Morgan fingerprint density at radius 1 is 1.23 bits per heavy atom. The number of ether oxygens (including phenoxy) is 1. The summed E-state index contributed by atoms with van der Waals surface area (Å²) in [5.74, 6) is 2.10. The van der Waals surface area contributed by atoms with Crippen LogP contribution in [0.2, 0.25) is 0 Å². The normalized spacial score (nSPS) is 10.8. The molecule has 0 amide bonds. The maximum Gasteiger partial charge on any atom is 0.122 e. The third kappa shape index (κ3) is 2.79. The molecule has 0 atom stereocenters. The van der Waals surface area contributed by atoms with Crippen LogP contribution >= 0.6 is 0 Å². The van der Waals surface area contributed by atoms with Gasteiger partial charge in [-0.25, -0.2) is 4.98 Å². The van der Waals surface area contributed by atoms with Gasteiger partial charge in [-0.15, -0.1) is 0 Å². The lowest BCUT2D eigenvalue weighted by atomic mass is 10.1. The smallest absolute Gasteiger partial charge is 0.122 e. The fourth-order valence-corrected chi connectivity index (χ4v) is 2.29. The number of imidazole rings is 1. The zero-order valence-electron chi connectivity index (χ0n) is 12.6. The SMILES string of the molecule is CC(C)c1nc2ccc(OCc3ccccc3C#N)cc2[nH]1. The van der Waals surface area contributed by atoms with Crippen molar-refractivity contribution < 1.29 is 4.74 Å². The van der Waals surface area contributed by atoms with Gasteiger partial charge in [0.25, 0.3) is 0 Å². The van der Waals surface area contributed by atoms with Crippen molar-refractivity contribution in [3.63, 3.8) is 0 Å². The number of nitriles is 1. The largest absolute Gasteiger partial charge is 0.489 e. The van der Waals surface area contributed by atoms with Gasteiger partial charge in [0.2, 0.25) is 0 Å². The number of aromatic amines is 1. The Morgan fingerprint density at radius 3 is 2.82 bits per heavy atom. The van der Waals surface area contributed by atoms with Gasteiger partial charge in [-0.05, 0) is 18.2 Å². The fourth-order valence-electron chi connectivity index (χ4n) is 2.29. The maximum atomic E-state index is 9.09. The highest BCUT2D eigenvalue weighted by atomic mass is 16.5. The van der Waals surface area contributed by atoms with Gasteiger partial charge in [-0.3, -0.25) is 0 Å². The van der Waals surface area contributed by atoms with E-state index in [0.717, 1.165) is 28.2 Å². The molecule has 0 fully saturated rings. The van der Waals surface area contributed by atoms with E-state index >= 15 is 0 Å². The molecule has 0 aliphatic heterocycles. The summed E-state index contributed by atoms with van der Waals surface area (Å²) in [6, 6.07) is 15.4. The topological polar surface area (TPSA) is 61.7 Å². The second-order valence-corrected chi connectivity index (χ2v) is 5.51. The van der Waals surface area contributed by atoms with E-state index in [-0.39, 0.29) is 0 Å². The van der Waals surface area contributed by atoms with Crippen LogP contribution < -0.4 is 4.74 Å². The van der Waals surface area contributed by atoms with Crippen molar-refractivity contribution in [3.05, 3.63) is 59.4 Å². The molecule has 0 aliphatic carbocycles. The molecule has 0 saturated heterocycles. The molecular formula is C18H17N3O. The van der Waals surface area contributed by atoms with Crippen molar-refractivity contribution >= 4 is 11.0 Å². The summed E-state index contributed by atoms with van der Waals surface area (Å²) in [4.78, 5) is 7.86. The maximum absolute atomic E-state index is 9.09. The standard InChI is InChI=1S/C18H17N3O/c1-12(2)18-20-16-8-7-15(9-17(16)21-18)22-11-14-6-4-3-5-13(14)10-19/h3-9,12H,11H2,1-2H3,(H,20,21). The van der Waals surface area contributed by atoms with Crippen LogP contribution in [-0.4, -0.2) is 9.97 Å². The quantitative estimate of drug-likeness (QED) is 0.786. The number of hydrogen-bond acceptors (Lipinski definition) is 3. The molecule has 0 saturated carbocycles. The average Bonchev–Trinajstić information content (AvgIpc) is 2.96. The molecule has 1 heterocycles. The fraction of sp³-hybridized carbons (Fsp3) is 0.222. The van der Waals surface area contributed by atoms with Crippen molar-refractivity contribution in [1.82, 2.24) is 9.97 Å². The van der Waals surface area contributed by atoms with Crippen LogP contribution in [-0.2, 0) is 6.61 Å². The molecule has 3 aromatic rings. The van der Waals surface area contributed by atoms with Crippen LogP contribution in [0.25, 0.3) is 11.0 Å². The molecule has 4 heteroatoms. The van der Waals surface area contributed by atoms with E-state index in [9.17, 15) is 0 Å². The summed E-state index contributed by atoms with van der Waals surface area (Å²) in [6.45, 7) is 4.59. The Labute approximate surface area is 129 Å². The molecule has 0 radical (unpaired) electrons. The zero-order chi connectivity index (χ0) is 15.5. The van der Waals surface area contributed by atoms with E-state index < -0.39 is 0 Å². The second-order valence-electron chi connectivity index (χ2n) is 5.51. The van der Waals surface area contributed by atoms with Gasteiger partial charge >= 0.3 is 0 Å². The molecule has 0 unspecified atom stereocenters. The number of rotatable bonds is 4. The average molecular weight is 291 g/mol. The van der Waals surface area contributed by atoms with E-state index in [1.54, 1.807) is 6.07 Å². The van der Waals surface area contributed by atoms with Crippen LogP contribution in [0, 0.1) is 11.3 Å². The van der Waals surface area contributed by atoms with Crippen molar-refractivity contribution in [2.45, 2.75) is 26.4 Å². The number of hydrogen-bond donors (Lipinski definition) is 1. The van der Waals surface area contributed by atoms with Gasteiger partial charge in [0, 0.05) is 17.5 Å². The third-order valence-electron chi connectivity index (χ3n) is 3.55. The molecule has 2 aromatic carbocycles. The van der Waals surface area contributed by atoms with Crippen LogP contribution in [0.3, 0.4) is 0 Å². The predicted octanol–water partition coefficient (Wildman–Crippen LogP) is 4.14. The summed E-state index contributed by atoms with van der Waals surface area (Å²) in [5, 5.41) is 9.09. The molecule has 4 nitrogen and oxygen atoms in total. The lowest BCUT2D eigenvalue weighted by Crippen LogP contribution is -1.97. The summed E-state index contributed by atoms with van der Waals surface area (Å²) in [7, 11) is 0. The number of aromatic nitrogens is 2. The third-order valence-corrected chi connectivity index (χ3v) is 3.55. The summed E-state index contributed by atoms with van der Waals surface area (Å²) in [6.07, 6.45) is 0. The molecule has 1 aromatic heterocycles. The number of benzene rings is 2. The highest BCUT2D eigenvalue weighted by molar-refractivity contribution is 5.76. The molecule has 22 heavy (non-hydrogen) atoms. The first-order valence-corrected chi connectivity index (χ1v) is 7.28. The number of H-pyrrole nitrogens is 1. The molecule has 0 aliphatic rings. The minimum Gasteiger partial charge on any atom is -0.489 e. The Hall–Kier alpha value is -2.80. The van der Waals surface area contributed by atoms with Gasteiger partial charge in [-0.2, -0.15) is 5.26 Å². The van der Waals surface area contributed by atoms with Gasteiger partial charge in [-0.1, -0.05) is 32.0 Å². The van der Waals surface area contributed by atoms with Crippen LogP contribution in [0.1, 0.15) is 36.7 Å². The van der Waals surface area contributed by atoms with Gasteiger partial charge < -0.3 is 9.72 Å². The monoisotopic (exact) mass is 291 g/mol. The second kappa shape index (κ2) is 5.90. The Balaban J connectivity index is 1.81. The summed E-state index contributed by atoms with van der Waals surface area (Å²) >= 11 is 0. The van der Waals surface area contributed by atoms with E-state index in [1.807, 2.05) is 36.4 Å². The summed E-state index contributed by atoms with van der Waals surface area (Å²) < 4.78 is 5.81. The van der Waals surface area contributed by atoms with Crippen molar-refractivity contribution in [2.75, 3.05) is 0 Å². The van der Waals surface area contributed by atoms with Gasteiger partial charge in [0.1, 0.15) is 18.2 Å². The molecule has 110 valence electrons. The van der Waals surface area contributed by atoms with Crippen molar-refractivity contribution in [1.29, 1.82) is 5.26 Å². The van der Waals surface area contributed by atoms with E-state index in [4.69, 9.17) is 10.00 Å². The minimum atomic E-state index is 0.360. The molecule has 0 spiro atoms. The first kappa shape index (κ1) is 14.2. The van der Waals surface area contributed by atoms with Gasteiger partial charge in [0.05, 0.1) is 22.7 Å². The Bertz CT molecular complexity index is 843. The van der Waals surface area contributed by atoms with Crippen molar-refractivity contribution in [2.24, 2.45) is 0 Å². The zero-order valence-corrected chi connectivity index (χ0v) is 12.6. The Morgan fingerprint density at radius 2 is 2.05 bits per heavy atom. The van der Waals surface area contributed by atoms with E-state index in [1.165, 1.54) is 0 Å². The first-order chi connectivity index (χ1) is 10.7. The van der Waals surface area contributed by atoms with Crippen LogP contribution in [0.5, 0.6) is 5.75 Å². The molecule has 0 bridgehead atoms. The number of fused-ring (bicyclic) bond motifs is 1. The van der Waals surface area contributed by atoms with Crippen molar-refractivity contribution in [3.8, 4) is 11.8 Å². The van der Waals surface area contributed by atoms with Crippen LogP contribution in [0.4, 0.5) is 0 Å². The Kier molecular flexibility index (Phi) is 3.80. The molecule has 1 N–H and O–H groups in total. The number of nitrogens with zero attached hydrogens (tertiary/aromatic N) is 2. The van der Waals surface area contributed by atoms with E-state index in [2.05, 4.69) is 29.9 Å². The molecule has 3 rings (SSSR count). The predicted molar refractivity (Wildman–Crippen MR) is 85.7 cm³/mol. The van der Waals surface area contributed by atoms with E-state index in [0.29, 0.717) is 18.1 Å². The van der Waals surface area contributed by atoms with Gasteiger partial charge in [0.15, 0.2) is 0 Å². The van der Waals surface area contributed by atoms with Crippen LogP contribution in [0.15, 0.2) is 42.5 Å². The highest BCUT2D eigenvalue weighted by Crippen LogP contribution is 2.22. The minimum absolute atomic E-state index is 0.360.